The predicted octanol–water partition coefficient (Wildman–Crippen LogP) is 4.21. The molecule has 0 saturated heterocycles. The molecule has 20 heavy (non-hydrogen) atoms. The number of nitrogens with zero attached hydrogens (tertiary/aromatic N) is 1. The van der Waals surface area contributed by atoms with Gasteiger partial charge in [-0.1, -0.05) is 6.92 Å². The average Bonchev–Trinajstić information content (AvgIpc) is 2.91. The molecule has 0 aliphatic carbocycles. The van der Waals surface area contributed by atoms with Gasteiger partial charge >= 0.3 is 0 Å². The lowest BCUT2D eigenvalue weighted by molar-refractivity contribution is 0.311. The Bertz CT molecular complexity index is 560. The molecule has 0 aliphatic rings. The molecule has 0 aliphatic heterocycles. The zero-order valence-electron chi connectivity index (χ0n) is 12.0. The number of rotatable bonds is 6. The van der Waals surface area contributed by atoms with Crippen LogP contribution < -0.4 is 9.47 Å². The fourth-order valence-corrected chi connectivity index (χ4v) is 3.36. The Balaban J connectivity index is 2.39. The summed E-state index contributed by atoms with van der Waals surface area (Å²) in [6.45, 7) is 4.70. The summed E-state index contributed by atoms with van der Waals surface area (Å²) in [7, 11) is 1.65. The van der Waals surface area contributed by atoms with Gasteiger partial charge in [-0.3, -0.25) is 0 Å². The van der Waals surface area contributed by atoms with Crippen molar-refractivity contribution in [3.63, 3.8) is 0 Å². The number of aryl methyl sites for hydroxylation is 1. The summed E-state index contributed by atoms with van der Waals surface area (Å²) in [6, 6.07) is 5.94. The van der Waals surface area contributed by atoms with Crippen molar-refractivity contribution in [2.24, 2.45) is 0 Å². The minimum absolute atomic E-state index is 0.622. The molecule has 0 radical (unpaired) electrons. The fraction of sp³-hybridized carbons (Fsp3) is 0.400. The number of thiazole rings is 1. The molecular formula is C15H19NO2S2. The van der Waals surface area contributed by atoms with Gasteiger partial charge in [-0.25, -0.2) is 4.98 Å². The van der Waals surface area contributed by atoms with Crippen LogP contribution in [0.3, 0.4) is 0 Å². The number of hydrogen-bond acceptors (Lipinski definition) is 5. The third-order valence-electron chi connectivity index (χ3n) is 2.97. The van der Waals surface area contributed by atoms with Crippen LogP contribution in [0.5, 0.6) is 11.5 Å². The van der Waals surface area contributed by atoms with Gasteiger partial charge in [0, 0.05) is 16.2 Å². The smallest absolute Gasteiger partial charge is 0.161 e. The van der Waals surface area contributed by atoms with Crippen LogP contribution in [0.1, 0.15) is 24.4 Å². The van der Waals surface area contributed by atoms with Crippen molar-refractivity contribution in [3.8, 4) is 22.1 Å². The molecule has 0 spiro atoms. The van der Waals surface area contributed by atoms with E-state index in [0.717, 1.165) is 39.9 Å². The molecule has 0 unspecified atom stereocenters. The van der Waals surface area contributed by atoms with Crippen LogP contribution >= 0.6 is 24.0 Å². The van der Waals surface area contributed by atoms with E-state index >= 15 is 0 Å². The third-order valence-corrected chi connectivity index (χ3v) is 4.64. The molecular weight excluding hydrogens is 290 g/mol. The first-order chi connectivity index (χ1) is 9.73. The summed E-state index contributed by atoms with van der Waals surface area (Å²) in [4.78, 5) is 5.93. The van der Waals surface area contributed by atoms with E-state index in [1.54, 1.807) is 18.4 Å². The first-order valence-electron chi connectivity index (χ1n) is 6.64. The average molecular weight is 309 g/mol. The normalized spacial score (nSPS) is 10.6. The Morgan fingerprint density at radius 1 is 1.25 bits per heavy atom. The highest BCUT2D eigenvalue weighted by Crippen LogP contribution is 2.35. The van der Waals surface area contributed by atoms with E-state index < -0.39 is 0 Å². The summed E-state index contributed by atoms with van der Waals surface area (Å²) in [5.74, 6) is 2.24. The van der Waals surface area contributed by atoms with E-state index in [0.29, 0.717) is 6.61 Å². The van der Waals surface area contributed by atoms with E-state index in [4.69, 9.17) is 14.5 Å². The van der Waals surface area contributed by atoms with E-state index in [1.165, 1.54) is 4.88 Å². The van der Waals surface area contributed by atoms with Crippen molar-refractivity contribution in [2.75, 3.05) is 13.7 Å². The summed E-state index contributed by atoms with van der Waals surface area (Å²) in [5, 5.41) is 1.01. The minimum Gasteiger partial charge on any atom is -0.493 e. The SMILES string of the molecule is CCOc1ccc(-c2nc(CC)c(CS)s2)cc1OC. The van der Waals surface area contributed by atoms with Crippen LogP contribution in [-0.4, -0.2) is 18.7 Å². The van der Waals surface area contributed by atoms with E-state index in [9.17, 15) is 0 Å². The van der Waals surface area contributed by atoms with Gasteiger partial charge in [0.1, 0.15) is 5.01 Å². The number of benzene rings is 1. The molecule has 0 saturated carbocycles. The number of hydrogen-bond donors (Lipinski definition) is 1. The molecule has 5 heteroatoms. The Morgan fingerprint density at radius 2 is 2.05 bits per heavy atom. The Morgan fingerprint density at radius 3 is 2.60 bits per heavy atom. The van der Waals surface area contributed by atoms with Crippen LogP contribution in [0.25, 0.3) is 10.6 Å². The molecule has 2 aromatic rings. The van der Waals surface area contributed by atoms with Crippen LogP contribution in [0.4, 0.5) is 0 Å². The summed E-state index contributed by atoms with van der Waals surface area (Å²) >= 11 is 6.06. The van der Waals surface area contributed by atoms with Crippen LogP contribution in [0.2, 0.25) is 0 Å². The topological polar surface area (TPSA) is 31.4 Å². The lowest BCUT2D eigenvalue weighted by atomic mass is 10.2. The molecule has 1 aromatic heterocycles. The van der Waals surface area contributed by atoms with E-state index in [-0.39, 0.29) is 0 Å². The van der Waals surface area contributed by atoms with Crippen molar-refractivity contribution in [3.05, 3.63) is 28.8 Å². The molecule has 0 bridgehead atoms. The summed E-state index contributed by atoms with van der Waals surface area (Å²) in [6.07, 6.45) is 0.931. The van der Waals surface area contributed by atoms with Gasteiger partial charge in [0.15, 0.2) is 11.5 Å². The molecule has 0 N–H and O–H groups in total. The van der Waals surface area contributed by atoms with Crippen LogP contribution in [0, 0.1) is 0 Å². The number of ether oxygens (including phenoxy) is 2. The van der Waals surface area contributed by atoms with Crippen LogP contribution in [0.15, 0.2) is 18.2 Å². The molecule has 0 amide bonds. The fourth-order valence-electron chi connectivity index (χ4n) is 1.98. The molecule has 0 fully saturated rings. The van der Waals surface area contributed by atoms with Crippen molar-refractivity contribution in [1.82, 2.24) is 4.98 Å². The summed E-state index contributed by atoms with van der Waals surface area (Å²) in [5.41, 5.74) is 2.19. The monoisotopic (exact) mass is 309 g/mol. The quantitative estimate of drug-likeness (QED) is 0.811. The van der Waals surface area contributed by atoms with Gasteiger partial charge in [0.2, 0.25) is 0 Å². The van der Waals surface area contributed by atoms with Crippen LogP contribution in [-0.2, 0) is 12.2 Å². The van der Waals surface area contributed by atoms with Gasteiger partial charge < -0.3 is 9.47 Å². The van der Waals surface area contributed by atoms with Crippen molar-refractivity contribution >= 4 is 24.0 Å². The van der Waals surface area contributed by atoms with Gasteiger partial charge in [0.05, 0.1) is 19.4 Å². The molecule has 1 heterocycles. The minimum atomic E-state index is 0.622. The second kappa shape index (κ2) is 6.99. The molecule has 0 atom stereocenters. The molecule has 3 nitrogen and oxygen atoms in total. The lowest BCUT2D eigenvalue weighted by Gasteiger charge is -2.09. The Hall–Kier alpha value is -1.20. The Kier molecular flexibility index (Phi) is 5.31. The maximum Gasteiger partial charge on any atom is 0.161 e. The Labute approximate surface area is 129 Å². The van der Waals surface area contributed by atoms with E-state index in [1.807, 2.05) is 25.1 Å². The first kappa shape index (κ1) is 15.2. The summed E-state index contributed by atoms with van der Waals surface area (Å²) < 4.78 is 10.9. The van der Waals surface area contributed by atoms with Crippen molar-refractivity contribution in [1.29, 1.82) is 0 Å². The lowest BCUT2D eigenvalue weighted by Crippen LogP contribution is -1.95. The molecule has 2 rings (SSSR count). The highest BCUT2D eigenvalue weighted by atomic mass is 32.1. The first-order valence-corrected chi connectivity index (χ1v) is 8.09. The number of thiol groups is 1. The standard InChI is InChI=1S/C15H19NO2S2/c1-4-11-14(9-19)20-15(16-11)10-6-7-12(18-5-2)13(8-10)17-3/h6-8,19H,4-5,9H2,1-3H3. The molecule has 108 valence electrons. The number of methoxy groups -OCH3 is 1. The van der Waals surface area contributed by atoms with Gasteiger partial charge in [0.25, 0.3) is 0 Å². The highest BCUT2D eigenvalue weighted by Gasteiger charge is 2.12. The highest BCUT2D eigenvalue weighted by molar-refractivity contribution is 7.79. The van der Waals surface area contributed by atoms with Gasteiger partial charge in [-0.15, -0.1) is 11.3 Å². The largest absolute Gasteiger partial charge is 0.493 e. The maximum absolute atomic E-state index is 5.54. The van der Waals surface area contributed by atoms with Crippen molar-refractivity contribution < 1.29 is 9.47 Å². The van der Waals surface area contributed by atoms with Gasteiger partial charge in [-0.2, -0.15) is 12.6 Å². The van der Waals surface area contributed by atoms with Crippen molar-refractivity contribution in [2.45, 2.75) is 26.0 Å². The van der Waals surface area contributed by atoms with E-state index in [2.05, 4.69) is 19.6 Å². The zero-order valence-corrected chi connectivity index (χ0v) is 13.7. The van der Waals surface area contributed by atoms with Gasteiger partial charge in [-0.05, 0) is 31.5 Å². The maximum atomic E-state index is 5.54. The second-order valence-corrected chi connectivity index (χ2v) is 5.60. The third kappa shape index (κ3) is 3.10. The molecule has 1 aromatic carbocycles. The zero-order chi connectivity index (χ0) is 14.5. The predicted molar refractivity (Wildman–Crippen MR) is 87.3 cm³/mol. The number of aromatic nitrogens is 1. The second-order valence-electron chi connectivity index (χ2n) is 4.20.